The maximum absolute atomic E-state index is 13.4. The molecule has 1 aromatic heterocycles. The number of urea groups is 1. The number of benzene rings is 2. The third-order valence-electron chi connectivity index (χ3n) is 11.6. The SMILES string of the molecule is COc1cc(-c2cn(C)c(=O)c3c2CCN(C(=O)NCC2CCN(CCOc4ccc5c(c4)C(=O)N(C4CCC(=O)NC4=O)C5=O)CC2)C3)cc(OC)c1CN(C)C. The van der Waals surface area contributed by atoms with Crippen molar-refractivity contribution in [1.29, 1.82) is 0 Å². The zero-order valence-corrected chi connectivity index (χ0v) is 33.7. The second-order valence-corrected chi connectivity index (χ2v) is 15.7. The summed E-state index contributed by atoms with van der Waals surface area (Å²) < 4.78 is 19.1. The number of carbonyl (C=O) groups excluding carboxylic acids is 5. The van der Waals surface area contributed by atoms with Gasteiger partial charge in [-0.15, -0.1) is 0 Å². The molecule has 0 saturated carbocycles. The van der Waals surface area contributed by atoms with Gasteiger partial charge in [-0.1, -0.05) is 0 Å². The van der Waals surface area contributed by atoms with E-state index in [9.17, 15) is 28.8 Å². The number of nitrogens with zero attached hydrogens (tertiary/aromatic N) is 5. The Bertz CT molecular complexity index is 2170. The molecule has 308 valence electrons. The van der Waals surface area contributed by atoms with Crippen LogP contribution in [0.3, 0.4) is 0 Å². The maximum atomic E-state index is 13.4. The molecular formula is C42H51N7O9. The predicted octanol–water partition coefficient (Wildman–Crippen LogP) is 2.39. The number of nitrogens with one attached hydrogen (secondary N) is 2. The zero-order chi connectivity index (χ0) is 41.2. The molecule has 0 spiro atoms. The summed E-state index contributed by atoms with van der Waals surface area (Å²) in [6, 6.07) is 7.50. The lowest BCUT2D eigenvalue weighted by atomic mass is 9.91. The van der Waals surface area contributed by atoms with E-state index >= 15 is 0 Å². The number of pyridine rings is 1. The zero-order valence-electron chi connectivity index (χ0n) is 33.7. The Morgan fingerprint density at radius 1 is 0.879 bits per heavy atom. The lowest BCUT2D eigenvalue weighted by molar-refractivity contribution is -0.136. The third-order valence-corrected chi connectivity index (χ3v) is 11.6. The van der Waals surface area contributed by atoms with E-state index in [1.165, 1.54) is 12.1 Å². The fraction of sp³-hybridized carbons (Fsp3) is 0.476. The Labute approximate surface area is 337 Å². The van der Waals surface area contributed by atoms with Crippen molar-refractivity contribution in [1.82, 2.24) is 34.8 Å². The van der Waals surface area contributed by atoms with E-state index in [1.54, 1.807) is 36.8 Å². The van der Waals surface area contributed by atoms with Gasteiger partial charge in [-0.3, -0.25) is 39.1 Å². The molecule has 4 aliphatic rings. The molecule has 2 saturated heterocycles. The Morgan fingerprint density at radius 3 is 2.26 bits per heavy atom. The summed E-state index contributed by atoms with van der Waals surface area (Å²) >= 11 is 0. The molecular weight excluding hydrogens is 747 g/mol. The molecule has 2 fully saturated rings. The van der Waals surface area contributed by atoms with Gasteiger partial charge in [0.15, 0.2) is 0 Å². The minimum Gasteiger partial charge on any atom is -0.496 e. The van der Waals surface area contributed by atoms with Crippen LogP contribution in [0, 0.1) is 5.92 Å². The van der Waals surface area contributed by atoms with Crippen LogP contribution in [0.15, 0.2) is 41.3 Å². The molecule has 2 aromatic carbocycles. The number of aromatic nitrogens is 1. The molecule has 2 N–H and O–H groups in total. The van der Waals surface area contributed by atoms with E-state index in [1.807, 2.05) is 37.3 Å². The van der Waals surface area contributed by atoms with Crippen molar-refractivity contribution in [3.05, 3.63) is 74.7 Å². The maximum Gasteiger partial charge on any atom is 0.317 e. The average Bonchev–Trinajstić information content (AvgIpc) is 3.46. The molecule has 3 aromatic rings. The van der Waals surface area contributed by atoms with Gasteiger partial charge in [0, 0.05) is 57.0 Å². The van der Waals surface area contributed by atoms with Gasteiger partial charge in [0.2, 0.25) is 11.8 Å². The number of aryl methyl sites for hydroxylation is 1. The van der Waals surface area contributed by atoms with Crippen molar-refractivity contribution in [3.63, 3.8) is 0 Å². The van der Waals surface area contributed by atoms with E-state index in [2.05, 4.69) is 15.5 Å². The van der Waals surface area contributed by atoms with Crippen LogP contribution in [-0.2, 0) is 36.1 Å². The number of piperidine rings is 2. The molecule has 16 heteroatoms. The van der Waals surface area contributed by atoms with Gasteiger partial charge in [-0.05, 0) is 100 Å². The molecule has 1 unspecified atom stereocenters. The number of hydrogen-bond donors (Lipinski definition) is 2. The first-order valence-electron chi connectivity index (χ1n) is 19.7. The van der Waals surface area contributed by atoms with Crippen molar-refractivity contribution in [3.8, 4) is 28.4 Å². The molecule has 16 nitrogen and oxygen atoms in total. The van der Waals surface area contributed by atoms with Gasteiger partial charge < -0.3 is 33.9 Å². The van der Waals surface area contributed by atoms with Crippen molar-refractivity contribution < 1.29 is 38.2 Å². The number of hydrogen-bond acceptors (Lipinski definition) is 11. The average molecular weight is 798 g/mol. The van der Waals surface area contributed by atoms with E-state index in [0.29, 0.717) is 67.9 Å². The van der Waals surface area contributed by atoms with E-state index < -0.39 is 29.7 Å². The van der Waals surface area contributed by atoms with Crippen LogP contribution >= 0.6 is 0 Å². The number of imide groups is 2. The molecule has 58 heavy (non-hydrogen) atoms. The van der Waals surface area contributed by atoms with E-state index in [4.69, 9.17) is 14.2 Å². The first-order valence-corrected chi connectivity index (χ1v) is 19.7. The second-order valence-electron chi connectivity index (χ2n) is 15.7. The van der Waals surface area contributed by atoms with Crippen molar-refractivity contribution in [2.45, 2.75) is 51.2 Å². The van der Waals surface area contributed by atoms with Crippen LogP contribution in [0.2, 0.25) is 0 Å². The lowest BCUT2D eigenvalue weighted by Crippen LogP contribution is -2.54. The fourth-order valence-corrected chi connectivity index (χ4v) is 8.42. The minimum atomic E-state index is -1.02. The highest BCUT2D eigenvalue weighted by Crippen LogP contribution is 2.38. The van der Waals surface area contributed by atoms with Crippen molar-refractivity contribution in [2.75, 3.05) is 67.6 Å². The number of amides is 6. The van der Waals surface area contributed by atoms with Crippen LogP contribution in [-0.4, -0.2) is 128 Å². The second kappa shape index (κ2) is 17.0. The van der Waals surface area contributed by atoms with Crippen molar-refractivity contribution in [2.24, 2.45) is 13.0 Å². The first-order chi connectivity index (χ1) is 27.9. The number of ether oxygens (including phenoxy) is 3. The van der Waals surface area contributed by atoms with E-state index in [0.717, 1.165) is 53.1 Å². The number of carbonyl (C=O) groups is 5. The van der Waals surface area contributed by atoms with E-state index in [-0.39, 0.29) is 42.1 Å². The molecule has 6 amide bonds. The van der Waals surface area contributed by atoms with Crippen LogP contribution in [0.4, 0.5) is 4.79 Å². The fourth-order valence-electron chi connectivity index (χ4n) is 8.42. The van der Waals surface area contributed by atoms with Gasteiger partial charge in [-0.25, -0.2) is 4.79 Å². The van der Waals surface area contributed by atoms with Crippen LogP contribution < -0.4 is 30.4 Å². The predicted molar refractivity (Wildman–Crippen MR) is 213 cm³/mol. The number of methoxy groups -OCH3 is 2. The number of rotatable bonds is 12. The van der Waals surface area contributed by atoms with Gasteiger partial charge in [0.1, 0.15) is 29.9 Å². The monoisotopic (exact) mass is 797 g/mol. The summed E-state index contributed by atoms with van der Waals surface area (Å²) in [4.78, 5) is 83.9. The summed E-state index contributed by atoms with van der Waals surface area (Å²) in [5.41, 5.74) is 4.56. The molecule has 0 bridgehead atoms. The highest BCUT2D eigenvalue weighted by Gasteiger charge is 2.44. The largest absolute Gasteiger partial charge is 0.496 e. The van der Waals surface area contributed by atoms with Crippen LogP contribution in [0.5, 0.6) is 17.2 Å². The van der Waals surface area contributed by atoms with Gasteiger partial charge in [0.25, 0.3) is 17.4 Å². The Kier molecular flexibility index (Phi) is 11.9. The Balaban J connectivity index is 0.890. The summed E-state index contributed by atoms with van der Waals surface area (Å²) in [6.45, 7) is 4.60. The number of likely N-dealkylation sites (tertiary alicyclic amines) is 1. The van der Waals surface area contributed by atoms with Gasteiger partial charge in [-0.2, -0.15) is 0 Å². The van der Waals surface area contributed by atoms with Crippen LogP contribution in [0.25, 0.3) is 11.1 Å². The van der Waals surface area contributed by atoms with Gasteiger partial charge in [0.05, 0.1) is 37.5 Å². The number of fused-ring (bicyclic) bond motifs is 2. The van der Waals surface area contributed by atoms with Gasteiger partial charge >= 0.3 is 6.03 Å². The minimum absolute atomic E-state index is 0.0604. The molecule has 1 atom stereocenters. The smallest absolute Gasteiger partial charge is 0.317 e. The van der Waals surface area contributed by atoms with Crippen LogP contribution in [0.1, 0.15) is 63.1 Å². The normalized spacial score (nSPS) is 18.6. The highest BCUT2D eigenvalue weighted by atomic mass is 16.5. The highest BCUT2D eigenvalue weighted by molar-refractivity contribution is 6.23. The third kappa shape index (κ3) is 8.16. The summed E-state index contributed by atoms with van der Waals surface area (Å²) in [7, 11) is 8.99. The Hall–Kier alpha value is -5.74. The quantitative estimate of drug-likeness (QED) is 0.258. The summed E-state index contributed by atoms with van der Waals surface area (Å²) in [6.07, 6.45) is 4.36. The Morgan fingerprint density at radius 2 is 1.59 bits per heavy atom. The lowest BCUT2D eigenvalue weighted by Gasteiger charge is -2.33. The molecule has 0 radical (unpaired) electrons. The molecule has 0 aliphatic carbocycles. The molecule has 5 heterocycles. The standard InChI is InChI=1S/C42H51N7O9/c1-45(2)22-33-35(56-4)18-26(19-36(33)57-5)31-23-46(3)39(52)32-24-48(15-12-28(31)32)42(55)43-21-25-10-13-47(14-11-25)16-17-58-27-6-7-29-30(20-27)41(54)49(40(29)53)34-8-9-37(50)44-38(34)51/h6-7,18-20,23,25,34H,8-17,21-22,24H2,1-5H3,(H,43,55)(H,44,50,51). The topological polar surface area (TPSA) is 172 Å². The molecule has 4 aliphatic heterocycles. The van der Waals surface area contributed by atoms with Crippen molar-refractivity contribution >= 4 is 29.7 Å². The molecule has 7 rings (SSSR count). The summed E-state index contributed by atoms with van der Waals surface area (Å²) in [5, 5.41) is 5.33. The first kappa shape index (κ1) is 40.5. The summed E-state index contributed by atoms with van der Waals surface area (Å²) in [5.74, 6) is -0.0172.